The average molecular weight is 401 g/mol. The normalized spacial score (nSPS) is 14.2. The van der Waals surface area contributed by atoms with Crippen molar-refractivity contribution in [3.63, 3.8) is 0 Å². The smallest absolute Gasteiger partial charge is 0.387 e. The standard InChI is InChI=1S/C20H33F2N3O3/c1-5-23-20(24-12-11-18(14(3)4)27-6-2)25-13-17(26)15-7-9-16(10-8-15)28-19(21)22/h7-10,14,17-19,26H,5-6,11-13H2,1-4H3,(H2,23,24,25). The molecule has 0 aliphatic rings. The van der Waals surface area contributed by atoms with Gasteiger partial charge in [-0.2, -0.15) is 8.78 Å². The van der Waals surface area contributed by atoms with Gasteiger partial charge in [0.15, 0.2) is 5.96 Å². The first-order valence-corrected chi connectivity index (χ1v) is 9.73. The molecule has 2 atom stereocenters. The lowest BCUT2D eigenvalue weighted by atomic mass is 10.0. The molecule has 0 aliphatic heterocycles. The minimum Gasteiger partial charge on any atom is -0.435 e. The zero-order valence-electron chi connectivity index (χ0n) is 17.1. The van der Waals surface area contributed by atoms with E-state index in [1.54, 1.807) is 12.1 Å². The van der Waals surface area contributed by atoms with E-state index in [0.717, 1.165) is 6.42 Å². The number of aliphatic hydroxyl groups excluding tert-OH is 1. The van der Waals surface area contributed by atoms with Crippen molar-refractivity contribution in [3.8, 4) is 5.75 Å². The van der Waals surface area contributed by atoms with Crippen LogP contribution in [0.5, 0.6) is 5.75 Å². The topological polar surface area (TPSA) is 75.1 Å². The van der Waals surface area contributed by atoms with Crippen LogP contribution in [0.25, 0.3) is 0 Å². The minimum absolute atomic E-state index is 0.0541. The number of nitrogens with zero attached hydrogens (tertiary/aromatic N) is 1. The average Bonchev–Trinajstić information content (AvgIpc) is 2.65. The number of aliphatic hydroxyl groups is 1. The van der Waals surface area contributed by atoms with Crippen LogP contribution in [0.4, 0.5) is 8.78 Å². The Hall–Kier alpha value is -1.93. The van der Waals surface area contributed by atoms with E-state index in [9.17, 15) is 13.9 Å². The summed E-state index contributed by atoms with van der Waals surface area (Å²) >= 11 is 0. The number of hydrogen-bond acceptors (Lipinski definition) is 4. The highest BCUT2D eigenvalue weighted by atomic mass is 19.3. The van der Waals surface area contributed by atoms with Crippen LogP contribution in [-0.2, 0) is 4.74 Å². The molecule has 28 heavy (non-hydrogen) atoms. The maximum Gasteiger partial charge on any atom is 0.387 e. The minimum atomic E-state index is -2.87. The summed E-state index contributed by atoms with van der Waals surface area (Å²) in [7, 11) is 0. The molecule has 0 saturated carbocycles. The van der Waals surface area contributed by atoms with Gasteiger partial charge in [-0.05, 0) is 43.9 Å². The van der Waals surface area contributed by atoms with E-state index in [2.05, 4.69) is 34.2 Å². The van der Waals surface area contributed by atoms with E-state index in [-0.39, 0.29) is 18.4 Å². The molecular weight excluding hydrogens is 368 g/mol. The predicted molar refractivity (Wildman–Crippen MR) is 107 cm³/mol. The lowest BCUT2D eigenvalue weighted by molar-refractivity contribution is -0.0498. The SMILES string of the molecule is CCNC(=NCC(O)c1ccc(OC(F)F)cc1)NCCC(OCC)C(C)C. The lowest BCUT2D eigenvalue weighted by Crippen LogP contribution is -2.39. The van der Waals surface area contributed by atoms with Crippen molar-refractivity contribution >= 4 is 5.96 Å². The summed E-state index contributed by atoms with van der Waals surface area (Å²) in [5, 5.41) is 16.7. The number of alkyl halides is 2. The third-order valence-electron chi connectivity index (χ3n) is 4.10. The number of ether oxygens (including phenoxy) is 2. The van der Waals surface area contributed by atoms with Crippen molar-refractivity contribution in [3.05, 3.63) is 29.8 Å². The van der Waals surface area contributed by atoms with Crippen molar-refractivity contribution in [2.75, 3.05) is 26.2 Å². The summed E-state index contributed by atoms with van der Waals surface area (Å²) in [6, 6.07) is 5.90. The van der Waals surface area contributed by atoms with Gasteiger partial charge in [-0.3, -0.25) is 4.99 Å². The van der Waals surface area contributed by atoms with Crippen molar-refractivity contribution in [1.29, 1.82) is 0 Å². The molecule has 0 heterocycles. The second kappa shape index (κ2) is 13.3. The Labute approximate surface area is 166 Å². The summed E-state index contributed by atoms with van der Waals surface area (Å²) in [5.74, 6) is 1.09. The van der Waals surface area contributed by atoms with Crippen molar-refractivity contribution in [2.24, 2.45) is 10.9 Å². The fraction of sp³-hybridized carbons (Fsp3) is 0.650. The van der Waals surface area contributed by atoms with Crippen LogP contribution in [0.1, 0.15) is 45.8 Å². The van der Waals surface area contributed by atoms with Crippen molar-refractivity contribution in [2.45, 2.75) is 52.9 Å². The van der Waals surface area contributed by atoms with Gasteiger partial charge in [-0.15, -0.1) is 0 Å². The second-order valence-electron chi connectivity index (χ2n) is 6.64. The largest absolute Gasteiger partial charge is 0.435 e. The maximum absolute atomic E-state index is 12.2. The van der Waals surface area contributed by atoms with Gasteiger partial charge in [-0.1, -0.05) is 26.0 Å². The monoisotopic (exact) mass is 401 g/mol. The zero-order chi connectivity index (χ0) is 20.9. The molecule has 160 valence electrons. The molecule has 0 aromatic heterocycles. The molecule has 1 aromatic rings. The molecule has 0 bridgehead atoms. The molecule has 0 fully saturated rings. The summed E-state index contributed by atoms with van der Waals surface area (Å²) in [4.78, 5) is 4.40. The van der Waals surface area contributed by atoms with E-state index in [4.69, 9.17) is 4.74 Å². The van der Waals surface area contributed by atoms with Crippen LogP contribution in [0.3, 0.4) is 0 Å². The molecular formula is C20H33F2N3O3. The Kier molecular flexibility index (Phi) is 11.4. The highest BCUT2D eigenvalue weighted by Crippen LogP contribution is 2.19. The summed E-state index contributed by atoms with van der Waals surface area (Å²) in [5.41, 5.74) is 0.581. The second-order valence-corrected chi connectivity index (χ2v) is 6.64. The Morgan fingerprint density at radius 2 is 1.82 bits per heavy atom. The lowest BCUT2D eigenvalue weighted by Gasteiger charge is -2.21. The van der Waals surface area contributed by atoms with E-state index in [1.165, 1.54) is 12.1 Å². The van der Waals surface area contributed by atoms with E-state index < -0.39 is 12.7 Å². The molecule has 0 aliphatic carbocycles. The summed E-state index contributed by atoms with van der Waals surface area (Å²) in [6.45, 7) is 7.57. The van der Waals surface area contributed by atoms with E-state index in [1.807, 2.05) is 13.8 Å². The van der Waals surface area contributed by atoms with Gasteiger partial charge >= 0.3 is 6.61 Å². The van der Waals surface area contributed by atoms with E-state index in [0.29, 0.717) is 37.1 Å². The summed E-state index contributed by atoms with van der Waals surface area (Å²) in [6.07, 6.45) is 0.187. The molecule has 1 rings (SSSR count). The quantitative estimate of drug-likeness (QED) is 0.370. The molecule has 8 heteroatoms. The number of benzene rings is 1. The fourth-order valence-corrected chi connectivity index (χ4v) is 2.65. The first kappa shape index (κ1) is 24.1. The van der Waals surface area contributed by atoms with Crippen LogP contribution >= 0.6 is 0 Å². The highest BCUT2D eigenvalue weighted by Gasteiger charge is 2.13. The number of rotatable bonds is 12. The van der Waals surface area contributed by atoms with Gasteiger partial charge in [0.1, 0.15) is 5.75 Å². The van der Waals surface area contributed by atoms with Gasteiger partial charge in [0.2, 0.25) is 0 Å². The third kappa shape index (κ3) is 9.32. The summed E-state index contributed by atoms with van der Waals surface area (Å²) < 4.78 is 34.4. The highest BCUT2D eigenvalue weighted by molar-refractivity contribution is 5.79. The predicted octanol–water partition coefficient (Wildman–Crippen LogP) is 3.33. The van der Waals surface area contributed by atoms with Gasteiger partial charge in [0.25, 0.3) is 0 Å². The molecule has 3 N–H and O–H groups in total. The molecule has 1 aromatic carbocycles. The van der Waals surface area contributed by atoms with Crippen LogP contribution < -0.4 is 15.4 Å². The first-order valence-electron chi connectivity index (χ1n) is 9.73. The first-order chi connectivity index (χ1) is 13.4. The molecule has 0 saturated heterocycles. The molecule has 6 nitrogen and oxygen atoms in total. The maximum atomic E-state index is 12.2. The van der Waals surface area contributed by atoms with Gasteiger partial charge in [0, 0.05) is 19.7 Å². The van der Waals surface area contributed by atoms with Crippen LogP contribution in [-0.4, -0.2) is 50.0 Å². The molecule has 0 radical (unpaired) electrons. The number of aliphatic imine (C=N–C) groups is 1. The van der Waals surface area contributed by atoms with Gasteiger partial charge in [0.05, 0.1) is 18.8 Å². The third-order valence-corrected chi connectivity index (χ3v) is 4.10. The molecule has 2 unspecified atom stereocenters. The number of hydrogen-bond donors (Lipinski definition) is 3. The Bertz CT molecular complexity index is 568. The van der Waals surface area contributed by atoms with Crippen molar-refractivity contribution < 1.29 is 23.4 Å². The van der Waals surface area contributed by atoms with Crippen LogP contribution in [0.15, 0.2) is 29.3 Å². The van der Waals surface area contributed by atoms with Crippen molar-refractivity contribution in [1.82, 2.24) is 10.6 Å². The number of halogens is 2. The van der Waals surface area contributed by atoms with Crippen LogP contribution in [0.2, 0.25) is 0 Å². The Morgan fingerprint density at radius 3 is 2.36 bits per heavy atom. The number of guanidine groups is 1. The molecule has 0 spiro atoms. The zero-order valence-corrected chi connectivity index (χ0v) is 17.1. The van der Waals surface area contributed by atoms with Gasteiger partial charge in [-0.25, -0.2) is 0 Å². The Balaban J connectivity index is 2.58. The Morgan fingerprint density at radius 1 is 1.14 bits per heavy atom. The molecule has 0 amide bonds. The fourth-order valence-electron chi connectivity index (χ4n) is 2.65. The van der Waals surface area contributed by atoms with E-state index >= 15 is 0 Å². The van der Waals surface area contributed by atoms with Gasteiger partial charge < -0.3 is 25.2 Å². The van der Waals surface area contributed by atoms with Crippen LogP contribution in [0, 0.1) is 5.92 Å². The number of nitrogens with one attached hydrogen (secondary N) is 2.